The predicted octanol–water partition coefficient (Wildman–Crippen LogP) is 0.572. The normalized spacial score (nSPS) is 18.4. The number of benzene rings is 1. The Labute approximate surface area is 125 Å². The first-order valence-corrected chi connectivity index (χ1v) is 8.40. The van der Waals surface area contributed by atoms with Gasteiger partial charge in [0.25, 0.3) is 0 Å². The van der Waals surface area contributed by atoms with E-state index in [0.29, 0.717) is 38.3 Å². The number of nitrogens with one attached hydrogen (secondary N) is 1. The summed E-state index contributed by atoms with van der Waals surface area (Å²) in [4.78, 5) is 2.00. The van der Waals surface area contributed by atoms with Crippen LogP contribution in [0.2, 0.25) is 0 Å². The molecule has 0 aliphatic carbocycles. The molecule has 1 aliphatic rings. The van der Waals surface area contributed by atoms with Gasteiger partial charge in [-0.25, -0.2) is 13.1 Å². The molecule has 1 heterocycles. The highest BCUT2D eigenvalue weighted by Gasteiger charge is 2.32. The van der Waals surface area contributed by atoms with Crippen LogP contribution in [0.4, 0.5) is 5.69 Å². The van der Waals surface area contributed by atoms with E-state index in [-0.39, 0.29) is 4.90 Å². The van der Waals surface area contributed by atoms with Gasteiger partial charge in [0.15, 0.2) is 0 Å². The van der Waals surface area contributed by atoms with Crippen molar-refractivity contribution < 1.29 is 18.3 Å². The minimum absolute atomic E-state index is 0.214. The third-order valence-electron chi connectivity index (χ3n) is 3.79. The van der Waals surface area contributed by atoms with Crippen LogP contribution in [0.5, 0.6) is 0 Å². The first-order valence-electron chi connectivity index (χ1n) is 6.92. The third kappa shape index (κ3) is 3.74. The first-order chi connectivity index (χ1) is 9.88. The number of para-hydroxylation sites is 1. The number of nitrogens with zero attached hydrogens (tertiary/aromatic N) is 1. The molecule has 1 aromatic carbocycles. The second kappa shape index (κ2) is 6.31. The lowest BCUT2D eigenvalue weighted by atomic mass is 9.94. The Morgan fingerprint density at radius 1 is 1.33 bits per heavy atom. The fourth-order valence-corrected chi connectivity index (χ4v) is 3.52. The average Bonchev–Trinajstić information content (AvgIpc) is 2.47. The van der Waals surface area contributed by atoms with Crippen LogP contribution in [0.25, 0.3) is 0 Å². The van der Waals surface area contributed by atoms with Gasteiger partial charge in [-0.3, -0.25) is 0 Å². The smallest absolute Gasteiger partial charge is 0.242 e. The summed E-state index contributed by atoms with van der Waals surface area (Å²) in [6.45, 7) is 1.42. The maximum Gasteiger partial charge on any atom is 0.242 e. The van der Waals surface area contributed by atoms with E-state index in [0.717, 1.165) is 0 Å². The second-order valence-corrected chi connectivity index (χ2v) is 7.22. The van der Waals surface area contributed by atoms with Gasteiger partial charge in [0.2, 0.25) is 10.0 Å². The van der Waals surface area contributed by atoms with E-state index in [1.807, 2.05) is 0 Å². The van der Waals surface area contributed by atoms with Gasteiger partial charge in [-0.15, -0.1) is 0 Å². The van der Waals surface area contributed by atoms with Crippen LogP contribution >= 0.6 is 0 Å². The van der Waals surface area contributed by atoms with Crippen molar-refractivity contribution in [1.29, 1.82) is 0 Å². The van der Waals surface area contributed by atoms with Gasteiger partial charge in [0.05, 0.1) is 11.3 Å². The van der Waals surface area contributed by atoms with Crippen LogP contribution in [0.15, 0.2) is 29.2 Å². The molecule has 2 N–H and O–H groups in total. The Morgan fingerprint density at radius 3 is 2.57 bits per heavy atom. The van der Waals surface area contributed by atoms with E-state index in [4.69, 9.17) is 4.74 Å². The number of sulfonamides is 1. The maximum atomic E-state index is 12.1. The van der Waals surface area contributed by atoms with E-state index in [9.17, 15) is 13.5 Å². The summed E-state index contributed by atoms with van der Waals surface area (Å²) in [5.74, 6) is 0. The maximum absolute atomic E-state index is 12.1. The number of aliphatic hydroxyl groups is 1. The molecule has 1 aromatic rings. The summed E-state index contributed by atoms with van der Waals surface area (Å²) in [5.41, 5.74) is -0.268. The second-order valence-electron chi connectivity index (χ2n) is 5.37. The SMILES string of the molecule is CNS(=O)(=O)c1ccccc1N(C)CC1(O)CCOCC1. The molecule has 0 bridgehead atoms. The topological polar surface area (TPSA) is 78.9 Å². The molecule has 2 rings (SSSR count). The van der Waals surface area contributed by atoms with E-state index in [1.54, 1.807) is 36.2 Å². The highest BCUT2D eigenvalue weighted by atomic mass is 32.2. The third-order valence-corrected chi connectivity index (χ3v) is 5.25. The highest BCUT2D eigenvalue weighted by Crippen LogP contribution is 2.28. The van der Waals surface area contributed by atoms with Gasteiger partial charge in [-0.1, -0.05) is 12.1 Å². The van der Waals surface area contributed by atoms with Crippen molar-refractivity contribution in [2.24, 2.45) is 0 Å². The number of hydrogen-bond acceptors (Lipinski definition) is 5. The molecule has 0 amide bonds. The molecule has 7 heteroatoms. The zero-order valence-corrected chi connectivity index (χ0v) is 13.2. The Balaban J connectivity index is 2.25. The molecule has 0 aromatic heterocycles. The quantitative estimate of drug-likeness (QED) is 0.831. The number of anilines is 1. The van der Waals surface area contributed by atoms with E-state index in [2.05, 4.69) is 4.72 Å². The van der Waals surface area contributed by atoms with Gasteiger partial charge in [0, 0.05) is 39.6 Å². The van der Waals surface area contributed by atoms with Gasteiger partial charge in [-0.2, -0.15) is 0 Å². The predicted molar refractivity (Wildman–Crippen MR) is 81.0 cm³/mol. The molecule has 0 spiro atoms. The standard InChI is InChI=1S/C14H22N2O4S/c1-15-21(18,19)13-6-4-3-5-12(13)16(2)11-14(17)7-9-20-10-8-14/h3-6,15,17H,7-11H2,1-2H3. The van der Waals surface area contributed by atoms with Crippen LogP contribution < -0.4 is 9.62 Å². The van der Waals surface area contributed by atoms with Crippen molar-refractivity contribution in [2.75, 3.05) is 38.8 Å². The number of rotatable bonds is 5. The van der Waals surface area contributed by atoms with Crippen molar-refractivity contribution in [3.63, 3.8) is 0 Å². The van der Waals surface area contributed by atoms with Crippen molar-refractivity contribution in [3.8, 4) is 0 Å². The molecule has 6 nitrogen and oxygen atoms in total. The van der Waals surface area contributed by atoms with E-state index >= 15 is 0 Å². The number of ether oxygens (including phenoxy) is 1. The fourth-order valence-electron chi connectivity index (χ4n) is 2.55. The Bertz CT molecular complexity index is 582. The average molecular weight is 314 g/mol. The molecular formula is C14H22N2O4S. The molecule has 1 fully saturated rings. The van der Waals surface area contributed by atoms with Crippen LogP contribution in [0.3, 0.4) is 0 Å². The molecule has 0 unspecified atom stereocenters. The van der Waals surface area contributed by atoms with Crippen molar-refractivity contribution >= 4 is 15.7 Å². The Hall–Kier alpha value is -1.15. The van der Waals surface area contributed by atoms with Crippen molar-refractivity contribution in [2.45, 2.75) is 23.3 Å². The van der Waals surface area contributed by atoms with Crippen LogP contribution in [0, 0.1) is 0 Å². The van der Waals surface area contributed by atoms with E-state index in [1.165, 1.54) is 7.05 Å². The van der Waals surface area contributed by atoms with Crippen molar-refractivity contribution in [1.82, 2.24) is 4.72 Å². The summed E-state index contributed by atoms with van der Waals surface area (Å²) >= 11 is 0. The molecule has 21 heavy (non-hydrogen) atoms. The Kier molecular flexibility index (Phi) is 4.88. The van der Waals surface area contributed by atoms with Gasteiger partial charge >= 0.3 is 0 Å². The summed E-state index contributed by atoms with van der Waals surface area (Å²) in [6, 6.07) is 6.78. The summed E-state index contributed by atoms with van der Waals surface area (Å²) < 4.78 is 31.7. The summed E-state index contributed by atoms with van der Waals surface area (Å²) in [6.07, 6.45) is 1.11. The summed E-state index contributed by atoms with van der Waals surface area (Å²) in [5, 5.41) is 10.6. The summed E-state index contributed by atoms with van der Waals surface area (Å²) in [7, 11) is -0.356. The number of hydrogen-bond donors (Lipinski definition) is 2. The first kappa shape index (κ1) is 16.2. The van der Waals surface area contributed by atoms with Crippen LogP contribution in [0.1, 0.15) is 12.8 Å². The molecule has 0 radical (unpaired) electrons. The van der Waals surface area contributed by atoms with Crippen molar-refractivity contribution in [3.05, 3.63) is 24.3 Å². The lowest BCUT2D eigenvalue weighted by Gasteiger charge is -2.36. The molecular weight excluding hydrogens is 292 g/mol. The minimum Gasteiger partial charge on any atom is -0.388 e. The van der Waals surface area contributed by atoms with Crippen LogP contribution in [-0.4, -0.2) is 53.0 Å². The molecule has 118 valence electrons. The van der Waals surface area contributed by atoms with Gasteiger partial charge in [0.1, 0.15) is 4.90 Å². The molecule has 1 aliphatic heterocycles. The molecule has 1 saturated heterocycles. The minimum atomic E-state index is -3.53. The van der Waals surface area contributed by atoms with Gasteiger partial charge < -0.3 is 14.7 Å². The number of likely N-dealkylation sites (N-methyl/N-ethyl adjacent to an activating group) is 1. The Morgan fingerprint density at radius 2 is 1.95 bits per heavy atom. The zero-order valence-electron chi connectivity index (χ0n) is 12.4. The molecule has 0 atom stereocenters. The van der Waals surface area contributed by atoms with Gasteiger partial charge in [-0.05, 0) is 19.2 Å². The molecule has 0 saturated carbocycles. The lowest BCUT2D eigenvalue weighted by molar-refractivity contribution is -0.0573. The largest absolute Gasteiger partial charge is 0.388 e. The highest BCUT2D eigenvalue weighted by molar-refractivity contribution is 7.89. The monoisotopic (exact) mass is 314 g/mol. The lowest BCUT2D eigenvalue weighted by Crippen LogP contribution is -2.46. The van der Waals surface area contributed by atoms with E-state index < -0.39 is 15.6 Å². The fraction of sp³-hybridized carbons (Fsp3) is 0.571. The van der Waals surface area contributed by atoms with Crippen LogP contribution in [-0.2, 0) is 14.8 Å². The zero-order chi connectivity index (χ0) is 15.5.